The van der Waals surface area contributed by atoms with Crippen molar-refractivity contribution in [2.45, 2.75) is 52.8 Å². The lowest BCUT2D eigenvalue weighted by Gasteiger charge is -2.37. The monoisotopic (exact) mass is 494 g/mol. The highest BCUT2D eigenvalue weighted by Gasteiger charge is 2.49. The first kappa shape index (κ1) is 23.1. The Balaban J connectivity index is 1.70. The minimum absolute atomic E-state index is 0.233. The molecular weight excluding hydrogens is 471 g/mol. The molecule has 1 N–H and O–H groups in total. The van der Waals surface area contributed by atoms with Crippen molar-refractivity contribution < 1.29 is 13.2 Å². The van der Waals surface area contributed by atoms with Gasteiger partial charge in [0, 0.05) is 36.9 Å². The molecular formula is C22H24Cl2N4O3S. The number of hydrogen-bond donors (Lipinski definition) is 1. The first-order chi connectivity index (χ1) is 14.9. The summed E-state index contributed by atoms with van der Waals surface area (Å²) < 4.78 is 24.3. The van der Waals surface area contributed by atoms with Gasteiger partial charge in [-0.3, -0.25) is 9.48 Å². The van der Waals surface area contributed by atoms with Gasteiger partial charge in [0.2, 0.25) is 5.91 Å². The number of amides is 1. The van der Waals surface area contributed by atoms with Crippen LogP contribution in [-0.2, 0) is 21.7 Å². The van der Waals surface area contributed by atoms with Crippen LogP contribution in [0.3, 0.4) is 0 Å². The molecule has 0 bridgehead atoms. The first-order valence-corrected chi connectivity index (χ1v) is 13.0. The van der Waals surface area contributed by atoms with Crippen LogP contribution in [0.1, 0.15) is 43.7 Å². The zero-order valence-corrected chi connectivity index (χ0v) is 20.1. The van der Waals surface area contributed by atoms with Gasteiger partial charge in [-0.25, -0.2) is 8.42 Å². The summed E-state index contributed by atoms with van der Waals surface area (Å²) in [5.41, 5.74) is 1.59. The van der Waals surface area contributed by atoms with Crippen molar-refractivity contribution in [3.8, 4) is 17.2 Å². The second kappa shape index (κ2) is 8.05. The Morgan fingerprint density at radius 1 is 1.25 bits per heavy atom. The number of nitriles is 1. The number of halogens is 2. The first-order valence-electron chi connectivity index (χ1n) is 10.4. The smallest absolute Gasteiger partial charge is 0.225 e. The van der Waals surface area contributed by atoms with Gasteiger partial charge < -0.3 is 5.32 Å². The van der Waals surface area contributed by atoms with Gasteiger partial charge in [0.1, 0.15) is 9.87 Å². The Morgan fingerprint density at radius 2 is 1.91 bits per heavy atom. The SMILES string of the molecule is Cn1cc(-c2ccc(S(C)(=O)=O)cc2)c(C2CCC(Cl)(Cl)CC2C(=O)NC2(C#N)CC2)n1. The van der Waals surface area contributed by atoms with E-state index >= 15 is 0 Å². The number of aromatic nitrogens is 2. The van der Waals surface area contributed by atoms with Gasteiger partial charge in [0.25, 0.3) is 0 Å². The molecule has 2 aliphatic rings. The van der Waals surface area contributed by atoms with Crippen molar-refractivity contribution >= 4 is 38.9 Å². The van der Waals surface area contributed by atoms with Crippen LogP contribution in [0.5, 0.6) is 0 Å². The molecule has 2 aromatic rings. The summed E-state index contributed by atoms with van der Waals surface area (Å²) in [6, 6.07) is 8.82. The molecule has 10 heteroatoms. The minimum Gasteiger partial charge on any atom is -0.338 e. The van der Waals surface area contributed by atoms with Crippen LogP contribution >= 0.6 is 23.2 Å². The maximum atomic E-state index is 13.2. The van der Waals surface area contributed by atoms with Crippen LogP contribution < -0.4 is 5.32 Å². The molecule has 1 aromatic heterocycles. The normalized spacial score (nSPS) is 23.8. The summed E-state index contributed by atoms with van der Waals surface area (Å²) in [6.45, 7) is 0. The van der Waals surface area contributed by atoms with Crippen molar-refractivity contribution in [3.63, 3.8) is 0 Å². The third kappa shape index (κ3) is 4.66. The molecule has 2 atom stereocenters. The fourth-order valence-corrected chi connectivity index (χ4v) is 5.52. The van der Waals surface area contributed by atoms with Gasteiger partial charge in [-0.2, -0.15) is 10.4 Å². The lowest BCUT2D eigenvalue weighted by Crippen LogP contribution is -2.45. The molecule has 32 heavy (non-hydrogen) atoms. The van der Waals surface area contributed by atoms with Crippen LogP contribution in [-0.4, -0.2) is 40.2 Å². The fourth-order valence-electron chi connectivity index (χ4n) is 4.34. The minimum atomic E-state index is -3.30. The predicted octanol–water partition coefficient (Wildman–Crippen LogP) is 3.72. The van der Waals surface area contributed by atoms with Gasteiger partial charge in [-0.15, -0.1) is 23.2 Å². The summed E-state index contributed by atoms with van der Waals surface area (Å²) in [5, 5.41) is 16.9. The highest BCUT2D eigenvalue weighted by molar-refractivity contribution is 7.90. The molecule has 0 aliphatic heterocycles. The number of nitrogens with one attached hydrogen (secondary N) is 1. The number of benzene rings is 1. The van der Waals surface area contributed by atoms with Crippen LogP contribution in [0, 0.1) is 17.2 Å². The molecule has 4 rings (SSSR count). The molecule has 1 amide bonds. The Morgan fingerprint density at radius 3 is 2.47 bits per heavy atom. The number of hydrogen-bond acceptors (Lipinski definition) is 5. The molecule has 2 fully saturated rings. The van der Waals surface area contributed by atoms with Gasteiger partial charge >= 0.3 is 0 Å². The van der Waals surface area contributed by atoms with Gasteiger partial charge in [-0.1, -0.05) is 12.1 Å². The highest BCUT2D eigenvalue weighted by atomic mass is 35.5. The van der Waals surface area contributed by atoms with Crippen LogP contribution in [0.15, 0.2) is 35.4 Å². The van der Waals surface area contributed by atoms with Crippen molar-refractivity contribution in [1.82, 2.24) is 15.1 Å². The van der Waals surface area contributed by atoms with Crippen molar-refractivity contribution in [2.75, 3.05) is 6.26 Å². The van der Waals surface area contributed by atoms with E-state index in [9.17, 15) is 18.5 Å². The van der Waals surface area contributed by atoms with Crippen molar-refractivity contribution in [2.24, 2.45) is 13.0 Å². The van der Waals surface area contributed by atoms with E-state index in [0.717, 1.165) is 16.8 Å². The highest BCUT2D eigenvalue weighted by Crippen LogP contribution is 2.49. The molecule has 2 aliphatic carbocycles. The number of nitrogens with zero attached hydrogens (tertiary/aromatic N) is 3. The average Bonchev–Trinajstić information content (AvgIpc) is 3.39. The second-order valence-electron chi connectivity index (χ2n) is 8.89. The number of carbonyl (C=O) groups excluding carboxylic acids is 1. The molecule has 1 aromatic carbocycles. The summed E-state index contributed by atoms with van der Waals surface area (Å²) >= 11 is 12.9. The summed E-state index contributed by atoms with van der Waals surface area (Å²) in [6.07, 6.45) is 5.65. The second-order valence-corrected chi connectivity index (χ2v) is 12.5. The van der Waals surface area contributed by atoms with Crippen LogP contribution in [0.2, 0.25) is 0 Å². The van der Waals surface area contributed by atoms with E-state index in [1.807, 2.05) is 6.20 Å². The third-order valence-corrected chi connectivity index (χ3v) is 8.11. The zero-order valence-electron chi connectivity index (χ0n) is 17.8. The van der Waals surface area contributed by atoms with Crippen LogP contribution in [0.25, 0.3) is 11.1 Å². The average molecular weight is 495 g/mol. The lowest BCUT2D eigenvalue weighted by atomic mass is 9.75. The third-order valence-electron chi connectivity index (χ3n) is 6.29. The van der Waals surface area contributed by atoms with E-state index in [0.29, 0.717) is 25.7 Å². The Kier molecular flexibility index (Phi) is 5.81. The molecule has 7 nitrogen and oxygen atoms in total. The molecule has 0 spiro atoms. The maximum Gasteiger partial charge on any atom is 0.225 e. The zero-order chi connectivity index (χ0) is 23.3. The fraction of sp³-hybridized carbons (Fsp3) is 0.500. The van der Waals surface area contributed by atoms with Gasteiger partial charge in [-0.05, 0) is 49.8 Å². The van der Waals surface area contributed by atoms with Crippen LogP contribution in [0.4, 0.5) is 0 Å². The van der Waals surface area contributed by atoms with E-state index in [-0.39, 0.29) is 23.1 Å². The molecule has 0 saturated heterocycles. The summed E-state index contributed by atoms with van der Waals surface area (Å²) in [5.74, 6) is -1.00. The Bertz CT molecular complexity index is 1190. The number of carbonyl (C=O) groups is 1. The van der Waals surface area contributed by atoms with E-state index in [4.69, 9.17) is 23.2 Å². The predicted molar refractivity (Wildman–Crippen MR) is 122 cm³/mol. The van der Waals surface area contributed by atoms with Gasteiger partial charge in [0.05, 0.1) is 16.7 Å². The molecule has 2 saturated carbocycles. The van der Waals surface area contributed by atoms with Gasteiger partial charge in [0.15, 0.2) is 9.84 Å². The molecule has 2 unspecified atom stereocenters. The van der Waals surface area contributed by atoms with E-state index in [2.05, 4.69) is 16.5 Å². The summed E-state index contributed by atoms with van der Waals surface area (Å²) in [7, 11) is -1.50. The number of aryl methyl sites for hydroxylation is 1. The van der Waals surface area contributed by atoms with E-state index in [1.54, 1.807) is 36.0 Å². The van der Waals surface area contributed by atoms with E-state index < -0.39 is 25.6 Å². The summed E-state index contributed by atoms with van der Waals surface area (Å²) in [4.78, 5) is 13.5. The number of rotatable bonds is 5. The lowest BCUT2D eigenvalue weighted by molar-refractivity contribution is -0.127. The number of alkyl halides is 2. The van der Waals surface area contributed by atoms with E-state index in [1.165, 1.54) is 6.26 Å². The van der Waals surface area contributed by atoms with Crippen molar-refractivity contribution in [3.05, 3.63) is 36.2 Å². The standard InChI is InChI=1S/C22H24Cl2N4O3S/c1-28-12-18(14-3-5-15(6-4-14)32(2,30)31)19(27-28)16-7-8-22(23,24)11-17(16)20(29)26-21(13-25)9-10-21/h3-6,12,16-17H,7-11H2,1-2H3,(H,26,29). The molecule has 0 radical (unpaired) electrons. The van der Waals surface area contributed by atoms with Crippen molar-refractivity contribution in [1.29, 1.82) is 5.26 Å². The Hall–Kier alpha value is -2.08. The largest absolute Gasteiger partial charge is 0.338 e. The Labute approximate surface area is 197 Å². The molecule has 170 valence electrons. The maximum absolute atomic E-state index is 13.2. The topological polar surface area (TPSA) is 105 Å². The molecule has 1 heterocycles. The quantitative estimate of drug-likeness (QED) is 0.637. The number of sulfone groups is 1.